The Morgan fingerprint density at radius 2 is 2.09 bits per heavy atom. The summed E-state index contributed by atoms with van der Waals surface area (Å²) >= 11 is 1.36. The highest BCUT2D eigenvalue weighted by Crippen LogP contribution is 2.32. The van der Waals surface area contributed by atoms with Gasteiger partial charge in [0.1, 0.15) is 0 Å². The second kappa shape index (κ2) is 5.94. The third-order valence-electron chi connectivity index (χ3n) is 3.34. The summed E-state index contributed by atoms with van der Waals surface area (Å²) in [5.41, 5.74) is 1.69. The summed E-state index contributed by atoms with van der Waals surface area (Å²) in [6, 6.07) is 3.68. The maximum atomic E-state index is 12.1. The molecule has 0 radical (unpaired) electrons. The van der Waals surface area contributed by atoms with Gasteiger partial charge in [0.05, 0.1) is 11.4 Å². The zero-order valence-corrected chi connectivity index (χ0v) is 13.7. The zero-order chi connectivity index (χ0) is 15.7. The third kappa shape index (κ3) is 3.45. The van der Waals surface area contributed by atoms with Crippen molar-refractivity contribution < 1.29 is 13.2 Å². The molecule has 9 heteroatoms. The minimum Gasteiger partial charge on any atom is -0.288 e. The lowest BCUT2D eigenvalue weighted by Gasteiger charge is -2.12. The van der Waals surface area contributed by atoms with Crippen LogP contribution in [0.3, 0.4) is 0 Å². The van der Waals surface area contributed by atoms with E-state index in [9.17, 15) is 13.2 Å². The molecule has 1 saturated heterocycles. The van der Waals surface area contributed by atoms with Gasteiger partial charge in [-0.25, -0.2) is 13.4 Å². The van der Waals surface area contributed by atoms with E-state index < -0.39 is 9.05 Å². The van der Waals surface area contributed by atoms with Crippen molar-refractivity contribution in [2.24, 2.45) is 5.92 Å². The monoisotopic (exact) mass is 357 g/mol. The van der Waals surface area contributed by atoms with Crippen LogP contribution in [0.4, 0.5) is 5.13 Å². The number of hydrogen-bond donors (Lipinski definition) is 0. The normalized spacial score (nSPS) is 18.9. The summed E-state index contributed by atoms with van der Waals surface area (Å²) in [7, 11) is 1.66. The number of carbonyl (C=O) groups is 1. The fourth-order valence-corrected chi connectivity index (χ4v) is 4.58. The Bertz CT molecular complexity index is 792. The lowest BCUT2D eigenvalue weighted by Crippen LogP contribution is -2.25. The first-order valence-corrected chi connectivity index (χ1v) is 9.87. The summed E-state index contributed by atoms with van der Waals surface area (Å²) < 4.78 is 22.3. The number of carbonyl (C=O) groups excluding carboxylic acids is 1. The average molecular weight is 358 g/mol. The van der Waals surface area contributed by atoms with Gasteiger partial charge in [0.2, 0.25) is 15.0 Å². The van der Waals surface area contributed by atoms with E-state index in [1.807, 2.05) is 17.5 Å². The number of nitrogens with zero attached hydrogens (tertiary/aromatic N) is 3. The highest BCUT2D eigenvalue weighted by atomic mass is 35.7. The Balaban J connectivity index is 1.78. The number of amides is 1. The van der Waals surface area contributed by atoms with Gasteiger partial charge < -0.3 is 0 Å². The molecule has 1 aliphatic rings. The molecule has 1 atom stereocenters. The fourth-order valence-electron chi connectivity index (χ4n) is 2.40. The molecule has 6 nitrogen and oxygen atoms in total. The van der Waals surface area contributed by atoms with Crippen LogP contribution in [0.15, 0.2) is 29.9 Å². The van der Waals surface area contributed by atoms with Crippen molar-refractivity contribution in [1.29, 1.82) is 0 Å². The first-order chi connectivity index (χ1) is 10.4. The van der Waals surface area contributed by atoms with E-state index in [-0.39, 0.29) is 24.0 Å². The number of anilines is 1. The summed E-state index contributed by atoms with van der Waals surface area (Å²) in [6.07, 6.45) is 3.53. The molecule has 0 bridgehead atoms. The highest BCUT2D eigenvalue weighted by Gasteiger charge is 2.34. The van der Waals surface area contributed by atoms with Crippen LogP contribution in [-0.4, -0.2) is 36.6 Å². The Morgan fingerprint density at radius 3 is 2.77 bits per heavy atom. The molecular formula is C13H12ClN3O3S2. The number of rotatable bonds is 4. The summed E-state index contributed by atoms with van der Waals surface area (Å²) in [4.78, 5) is 22.0. The van der Waals surface area contributed by atoms with Crippen LogP contribution in [0, 0.1) is 5.92 Å². The molecule has 2 aromatic heterocycles. The van der Waals surface area contributed by atoms with E-state index in [1.165, 1.54) is 16.2 Å². The number of hydrogen-bond acceptors (Lipinski definition) is 6. The van der Waals surface area contributed by atoms with Gasteiger partial charge >= 0.3 is 0 Å². The number of thiazole rings is 1. The minimum absolute atomic E-state index is 0.124. The molecule has 3 rings (SSSR count). The number of aromatic nitrogens is 2. The Labute approximate surface area is 136 Å². The van der Waals surface area contributed by atoms with Crippen molar-refractivity contribution in [3.63, 3.8) is 0 Å². The maximum absolute atomic E-state index is 12.1. The minimum atomic E-state index is -3.60. The smallest absolute Gasteiger partial charge is 0.232 e. The molecular weight excluding hydrogens is 346 g/mol. The van der Waals surface area contributed by atoms with Crippen molar-refractivity contribution in [3.8, 4) is 11.3 Å². The molecule has 0 saturated carbocycles. The van der Waals surface area contributed by atoms with Gasteiger partial charge in [-0.1, -0.05) is 0 Å². The molecule has 1 unspecified atom stereocenters. The van der Waals surface area contributed by atoms with Crippen LogP contribution >= 0.6 is 22.0 Å². The molecule has 1 aliphatic heterocycles. The van der Waals surface area contributed by atoms with Crippen LogP contribution in [0.25, 0.3) is 11.3 Å². The molecule has 0 spiro atoms. The van der Waals surface area contributed by atoms with E-state index in [4.69, 9.17) is 10.7 Å². The van der Waals surface area contributed by atoms with Gasteiger partial charge in [-0.15, -0.1) is 11.3 Å². The topological polar surface area (TPSA) is 80.2 Å². The predicted molar refractivity (Wildman–Crippen MR) is 85.4 cm³/mol. The van der Waals surface area contributed by atoms with Crippen LogP contribution in [-0.2, 0) is 13.8 Å². The SMILES string of the molecule is O=C1CC(CS(=O)(=O)Cl)CN1c1nc(-c2ccncc2)cs1. The molecule has 0 N–H and O–H groups in total. The molecule has 1 amide bonds. The van der Waals surface area contributed by atoms with Crippen molar-refractivity contribution >= 4 is 42.1 Å². The standard InChI is InChI=1S/C13H12ClN3O3S2/c14-22(19,20)8-9-5-12(18)17(6-9)13-16-11(7-21-13)10-1-3-15-4-2-10/h1-4,7,9H,5-6,8H2. The maximum Gasteiger partial charge on any atom is 0.232 e. The second-order valence-corrected chi connectivity index (χ2v) is 8.69. The lowest BCUT2D eigenvalue weighted by molar-refractivity contribution is -0.117. The summed E-state index contributed by atoms with van der Waals surface area (Å²) in [5, 5.41) is 2.44. The van der Waals surface area contributed by atoms with Crippen LogP contribution < -0.4 is 4.90 Å². The Morgan fingerprint density at radius 1 is 1.36 bits per heavy atom. The largest absolute Gasteiger partial charge is 0.288 e. The Kier molecular flexibility index (Phi) is 4.16. The van der Waals surface area contributed by atoms with Gasteiger partial charge in [0.25, 0.3) is 0 Å². The van der Waals surface area contributed by atoms with Crippen molar-refractivity contribution in [2.45, 2.75) is 6.42 Å². The van der Waals surface area contributed by atoms with Gasteiger partial charge in [-0.3, -0.25) is 14.7 Å². The fraction of sp³-hybridized carbons (Fsp3) is 0.308. The third-order valence-corrected chi connectivity index (χ3v) is 5.45. The first-order valence-electron chi connectivity index (χ1n) is 6.51. The molecule has 1 fully saturated rings. The first kappa shape index (κ1) is 15.4. The van der Waals surface area contributed by atoms with Crippen molar-refractivity contribution in [2.75, 3.05) is 17.2 Å². The lowest BCUT2D eigenvalue weighted by atomic mass is 10.1. The molecule has 116 valence electrons. The summed E-state index contributed by atoms with van der Waals surface area (Å²) in [6.45, 7) is 0.327. The van der Waals surface area contributed by atoms with Crippen LogP contribution in [0.1, 0.15) is 6.42 Å². The van der Waals surface area contributed by atoms with Gasteiger partial charge in [-0.05, 0) is 12.1 Å². The second-order valence-electron chi connectivity index (χ2n) is 5.03. The number of halogens is 1. The van der Waals surface area contributed by atoms with E-state index in [0.717, 1.165) is 11.3 Å². The van der Waals surface area contributed by atoms with Crippen LogP contribution in [0.5, 0.6) is 0 Å². The van der Waals surface area contributed by atoms with Gasteiger partial charge in [0, 0.05) is 52.9 Å². The van der Waals surface area contributed by atoms with E-state index in [2.05, 4.69) is 9.97 Å². The molecule has 0 aromatic carbocycles. The summed E-state index contributed by atoms with van der Waals surface area (Å²) in [5.74, 6) is -0.608. The Hall–Kier alpha value is -1.51. The van der Waals surface area contributed by atoms with E-state index >= 15 is 0 Å². The number of pyridine rings is 1. The van der Waals surface area contributed by atoms with Crippen molar-refractivity contribution in [3.05, 3.63) is 29.9 Å². The van der Waals surface area contributed by atoms with E-state index in [1.54, 1.807) is 12.4 Å². The predicted octanol–water partition coefficient (Wildman–Crippen LogP) is 2.13. The molecule has 0 aliphatic carbocycles. The molecule has 2 aromatic rings. The zero-order valence-electron chi connectivity index (χ0n) is 11.3. The quantitative estimate of drug-likeness (QED) is 0.783. The van der Waals surface area contributed by atoms with Crippen LogP contribution in [0.2, 0.25) is 0 Å². The molecule has 22 heavy (non-hydrogen) atoms. The highest BCUT2D eigenvalue weighted by molar-refractivity contribution is 8.13. The average Bonchev–Trinajstić information content (AvgIpc) is 3.05. The van der Waals surface area contributed by atoms with E-state index in [0.29, 0.717) is 11.7 Å². The molecule has 3 heterocycles. The van der Waals surface area contributed by atoms with Gasteiger partial charge in [-0.2, -0.15) is 0 Å². The van der Waals surface area contributed by atoms with Gasteiger partial charge in [0.15, 0.2) is 5.13 Å². The van der Waals surface area contributed by atoms with Crippen molar-refractivity contribution in [1.82, 2.24) is 9.97 Å².